The Labute approximate surface area is 139 Å². The van der Waals surface area contributed by atoms with Crippen LogP contribution in [0, 0.1) is 0 Å². The number of nitrogens with two attached hydrogens (primary N) is 1. The van der Waals surface area contributed by atoms with Gasteiger partial charge in [0.1, 0.15) is 5.25 Å². The quantitative estimate of drug-likeness (QED) is 0.820. The highest BCUT2D eigenvalue weighted by Crippen LogP contribution is 2.17. The molecular weight excluding hydrogens is 324 g/mol. The normalized spacial score (nSPS) is 14.1. The van der Waals surface area contributed by atoms with E-state index >= 15 is 0 Å². The predicted molar refractivity (Wildman–Crippen MR) is 92.0 cm³/mol. The smallest absolute Gasteiger partial charge is 0.238 e. The molecule has 0 aliphatic rings. The first kappa shape index (κ1) is 20.9. The number of nitrogens with one attached hydrogen (secondary N) is 1. The lowest BCUT2D eigenvalue weighted by Gasteiger charge is -2.16. The maximum Gasteiger partial charge on any atom is 0.238 e. The first-order valence-corrected chi connectivity index (χ1v) is 8.90. The summed E-state index contributed by atoms with van der Waals surface area (Å²) < 4.78 is 22.6. The van der Waals surface area contributed by atoms with Gasteiger partial charge in [-0.05, 0) is 24.0 Å². The van der Waals surface area contributed by atoms with Crippen molar-refractivity contribution in [3.8, 4) is 0 Å². The zero-order valence-corrected chi connectivity index (χ0v) is 15.0. The summed E-state index contributed by atoms with van der Waals surface area (Å²) in [6.07, 6.45) is 1.04. The van der Waals surface area contributed by atoms with Crippen LogP contribution in [0.15, 0.2) is 24.3 Å². The number of hydrogen-bond acceptors (Lipinski definition) is 4. The molecule has 1 amide bonds. The van der Waals surface area contributed by atoms with E-state index in [2.05, 4.69) is 19.2 Å². The van der Waals surface area contributed by atoms with Crippen molar-refractivity contribution >= 4 is 28.2 Å². The second kappa shape index (κ2) is 8.50. The van der Waals surface area contributed by atoms with E-state index in [0.717, 1.165) is 11.8 Å². The maximum absolute atomic E-state index is 11.7. The molecule has 7 heteroatoms. The number of hydrogen-bond donors (Lipinski definition) is 2. The Morgan fingerprint density at radius 3 is 2.00 bits per heavy atom. The van der Waals surface area contributed by atoms with E-state index in [1.54, 1.807) is 0 Å². The van der Waals surface area contributed by atoms with Gasteiger partial charge in [-0.25, -0.2) is 8.42 Å². The highest BCUT2D eigenvalue weighted by Gasteiger charge is 2.23. The molecule has 2 unspecified atom stereocenters. The third kappa shape index (κ3) is 5.94. The molecule has 2 atom stereocenters. The van der Waals surface area contributed by atoms with Gasteiger partial charge in [0.05, 0.1) is 0 Å². The molecule has 0 saturated heterocycles. The van der Waals surface area contributed by atoms with Crippen molar-refractivity contribution in [2.45, 2.75) is 38.0 Å². The van der Waals surface area contributed by atoms with Crippen molar-refractivity contribution in [3.05, 3.63) is 35.4 Å². The van der Waals surface area contributed by atoms with Gasteiger partial charge in [0.25, 0.3) is 0 Å². The van der Waals surface area contributed by atoms with Crippen LogP contribution in [0.5, 0.6) is 0 Å². The molecule has 1 rings (SSSR count). The van der Waals surface area contributed by atoms with Crippen LogP contribution in [0.3, 0.4) is 0 Å². The Hall–Kier alpha value is -1.11. The molecule has 3 N–H and O–H groups in total. The summed E-state index contributed by atoms with van der Waals surface area (Å²) in [5.74, 6) is -0.0719. The summed E-state index contributed by atoms with van der Waals surface area (Å²) >= 11 is 0. The van der Waals surface area contributed by atoms with Crippen LogP contribution < -0.4 is 11.1 Å². The Kier molecular flexibility index (Phi) is 8.07. The predicted octanol–water partition coefficient (Wildman–Crippen LogP) is 1.78. The number of amides is 1. The number of halogens is 1. The van der Waals surface area contributed by atoms with Gasteiger partial charge in [0, 0.05) is 18.8 Å². The van der Waals surface area contributed by atoms with E-state index < -0.39 is 21.0 Å². The van der Waals surface area contributed by atoms with E-state index in [1.807, 2.05) is 24.3 Å². The fourth-order valence-electron chi connectivity index (χ4n) is 1.79. The molecule has 0 aliphatic carbocycles. The molecule has 0 bridgehead atoms. The summed E-state index contributed by atoms with van der Waals surface area (Å²) in [6, 6.07) is 7.54. The molecule has 126 valence electrons. The third-order valence-corrected chi connectivity index (χ3v) is 5.04. The van der Waals surface area contributed by atoms with Crippen LogP contribution in [0.1, 0.15) is 43.9 Å². The summed E-state index contributed by atoms with van der Waals surface area (Å²) in [5.41, 5.74) is 8.15. The molecule has 1 aromatic carbocycles. The molecule has 1 aromatic rings. The molecular formula is C15H25ClN2O3S. The van der Waals surface area contributed by atoms with Crippen LogP contribution >= 0.6 is 12.4 Å². The van der Waals surface area contributed by atoms with Gasteiger partial charge in [-0.3, -0.25) is 4.79 Å². The molecule has 0 fully saturated rings. The molecule has 0 radical (unpaired) electrons. The number of carbonyl (C=O) groups excluding carboxylic acids is 1. The summed E-state index contributed by atoms with van der Waals surface area (Å²) in [7, 11) is -3.38. The molecule has 0 aliphatic heterocycles. The van der Waals surface area contributed by atoms with Crippen molar-refractivity contribution in [2.75, 3.05) is 12.8 Å². The summed E-state index contributed by atoms with van der Waals surface area (Å²) in [4.78, 5) is 11.7. The number of benzene rings is 1. The molecule has 0 heterocycles. The van der Waals surface area contributed by atoms with E-state index in [4.69, 9.17) is 5.73 Å². The van der Waals surface area contributed by atoms with E-state index in [0.29, 0.717) is 5.92 Å². The van der Waals surface area contributed by atoms with E-state index in [9.17, 15) is 13.2 Å². The Bertz CT molecular complexity index is 585. The van der Waals surface area contributed by atoms with Gasteiger partial charge in [0.2, 0.25) is 5.91 Å². The minimum absolute atomic E-state index is 0. The zero-order chi connectivity index (χ0) is 16.2. The fourth-order valence-corrected chi connectivity index (χ4v) is 2.27. The monoisotopic (exact) mass is 348 g/mol. The van der Waals surface area contributed by atoms with Crippen molar-refractivity contribution in [3.63, 3.8) is 0 Å². The Morgan fingerprint density at radius 2 is 1.59 bits per heavy atom. The van der Waals surface area contributed by atoms with Crippen LogP contribution in [0.25, 0.3) is 0 Å². The van der Waals surface area contributed by atoms with Gasteiger partial charge >= 0.3 is 0 Å². The SMILES string of the molecule is CC(C)c1ccc(C(N)CNC(=O)C(C)S(C)(=O)=O)cc1.Cl. The Balaban J connectivity index is 0.00000441. The van der Waals surface area contributed by atoms with Crippen molar-refractivity contribution < 1.29 is 13.2 Å². The molecule has 22 heavy (non-hydrogen) atoms. The average Bonchev–Trinajstić information content (AvgIpc) is 2.42. The van der Waals surface area contributed by atoms with Gasteiger partial charge in [-0.2, -0.15) is 0 Å². The van der Waals surface area contributed by atoms with Crippen LogP contribution in [-0.4, -0.2) is 32.4 Å². The van der Waals surface area contributed by atoms with Gasteiger partial charge < -0.3 is 11.1 Å². The van der Waals surface area contributed by atoms with Crippen molar-refractivity contribution in [1.29, 1.82) is 0 Å². The lowest BCUT2D eigenvalue weighted by atomic mass is 9.99. The highest BCUT2D eigenvalue weighted by molar-refractivity contribution is 7.92. The van der Waals surface area contributed by atoms with Gasteiger partial charge in [0.15, 0.2) is 9.84 Å². The summed E-state index contributed by atoms with van der Waals surface area (Å²) in [6.45, 7) is 5.80. The van der Waals surface area contributed by atoms with Gasteiger partial charge in [-0.1, -0.05) is 38.1 Å². The van der Waals surface area contributed by atoms with Crippen LogP contribution in [0.4, 0.5) is 0 Å². The maximum atomic E-state index is 11.7. The number of rotatable bonds is 6. The largest absolute Gasteiger partial charge is 0.353 e. The van der Waals surface area contributed by atoms with Crippen LogP contribution in [-0.2, 0) is 14.6 Å². The first-order chi connectivity index (χ1) is 9.62. The minimum atomic E-state index is -3.38. The lowest BCUT2D eigenvalue weighted by molar-refractivity contribution is -0.120. The Morgan fingerprint density at radius 1 is 1.14 bits per heavy atom. The molecule has 0 saturated carbocycles. The molecule has 0 spiro atoms. The summed E-state index contributed by atoms with van der Waals surface area (Å²) in [5, 5.41) is 1.52. The van der Waals surface area contributed by atoms with Crippen molar-refractivity contribution in [2.24, 2.45) is 5.73 Å². The standard InChI is InChI=1S/C15H24N2O3S.ClH/c1-10(2)12-5-7-13(8-6-12)14(16)9-17-15(18)11(3)21(4,19)20;/h5-8,10-11,14H,9,16H2,1-4H3,(H,17,18);1H. The van der Waals surface area contributed by atoms with E-state index in [1.165, 1.54) is 12.5 Å². The topological polar surface area (TPSA) is 89.3 Å². The van der Waals surface area contributed by atoms with Crippen LogP contribution in [0.2, 0.25) is 0 Å². The zero-order valence-electron chi connectivity index (χ0n) is 13.4. The average molecular weight is 349 g/mol. The first-order valence-electron chi connectivity index (χ1n) is 6.95. The van der Waals surface area contributed by atoms with Gasteiger partial charge in [-0.15, -0.1) is 12.4 Å². The minimum Gasteiger partial charge on any atom is -0.353 e. The van der Waals surface area contributed by atoms with E-state index in [-0.39, 0.29) is 25.0 Å². The fraction of sp³-hybridized carbons (Fsp3) is 0.533. The highest BCUT2D eigenvalue weighted by atomic mass is 35.5. The second-order valence-electron chi connectivity index (χ2n) is 5.64. The van der Waals surface area contributed by atoms with Crippen molar-refractivity contribution in [1.82, 2.24) is 5.32 Å². The number of carbonyl (C=O) groups is 1. The molecule has 0 aromatic heterocycles. The second-order valence-corrected chi connectivity index (χ2v) is 8.01. The third-order valence-electron chi connectivity index (χ3n) is 3.54. The molecule has 5 nitrogen and oxygen atoms in total. The number of sulfone groups is 1. The lowest BCUT2D eigenvalue weighted by Crippen LogP contribution is -2.40.